The number of carbonyl (C=O) groups is 2. The zero-order valence-electron chi connectivity index (χ0n) is 22.1. The Bertz CT molecular complexity index is 1100. The summed E-state index contributed by atoms with van der Waals surface area (Å²) < 4.78 is 17.1. The molecule has 1 aliphatic carbocycles. The summed E-state index contributed by atoms with van der Waals surface area (Å²) >= 11 is 0. The molecule has 5 rings (SSSR count). The van der Waals surface area contributed by atoms with Gasteiger partial charge in [-0.1, -0.05) is 44.9 Å². The molecule has 1 saturated heterocycles. The molecule has 1 unspecified atom stereocenters. The number of hydrogen-bond donors (Lipinski definition) is 2. The van der Waals surface area contributed by atoms with Crippen LogP contribution in [0.1, 0.15) is 104 Å². The smallest absolute Gasteiger partial charge is 0.303 e. The fourth-order valence-corrected chi connectivity index (χ4v) is 6.04. The minimum atomic E-state index is -0.861. The van der Waals surface area contributed by atoms with Crippen molar-refractivity contribution >= 4 is 11.9 Å². The molecule has 2 N–H and O–H groups in total. The van der Waals surface area contributed by atoms with E-state index in [1.165, 1.54) is 44.8 Å². The Labute approximate surface area is 223 Å². The Morgan fingerprint density at radius 3 is 2.58 bits per heavy atom. The van der Waals surface area contributed by atoms with Crippen LogP contribution in [0.5, 0.6) is 11.5 Å². The van der Waals surface area contributed by atoms with E-state index in [0.717, 1.165) is 55.8 Å². The number of aromatic nitrogens is 1. The molecular weight excluding hydrogens is 486 g/mol. The molecule has 9 nitrogen and oxygen atoms in total. The van der Waals surface area contributed by atoms with E-state index in [4.69, 9.17) is 13.9 Å². The van der Waals surface area contributed by atoms with E-state index in [1.54, 1.807) is 0 Å². The number of amides is 1. The van der Waals surface area contributed by atoms with Gasteiger partial charge in [0.15, 0.2) is 17.2 Å². The van der Waals surface area contributed by atoms with E-state index in [2.05, 4.69) is 15.2 Å². The molecule has 1 amide bonds. The molecule has 3 heterocycles. The number of ether oxygens (including phenoxy) is 2. The summed E-state index contributed by atoms with van der Waals surface area (Å²) in [6, 6.07) is 3.44. The van der Waals surface area contributed by atoms with Gasteiger partial charge in [0.2, 0.25) is 12.7 Å². The first-order valence-electron chi connectivity index (χ1n) is 14.2. The van der Waals surface area contributed by atoms with Gasteiger partial charge in [0, 0.05) is 13.0 Å². The maximum absolute atomic E-state index is 12.9. The van der Waals surface area contributed by atoms with Gasteiger partial charge in [-0.2, -0.15) is 0 Å². The average molecular weight is 526 g/mol. The highest BCUT2D eigenvalue weighted by atomic mass is 16.7. The lowest BCUT2D eigenvalue weighted by Gasteiger charge is -2.27. The molecule has 206 valence electrons. The monoisotopic (exact) mass is 525 g/mol. The van der Waals surface area contributed by atoms with Crippen LogP contribution in [0.4, 0.5) is 0 Å². The molecule has 9 heteroatoms. The maximum Gasteiger partial charge on any atom is 0.303 e. The highest BCUT2D eigenvalue weighted by Gasteiger charge is 2.33. The highest BCUT2D eigenvalue weighted by molar-refractivity contribution is 5.91. The van der Waals surface area contributed by atoms with Crippen LogP contribution in [0.2, 0.25) is 0 Å². The number of carboxylic acid groups (broad SMARTS) is 1. The second kappa shape index (κ2) is 12.7. The predicted molar refractivity (Wildman–Crippen MR) is 140 cm³/mol. The number of fused-ring (bicyclic) bond motifs is 1. The fourth-order valence-electron chi connectivity index (χ4n) is 6.04. The number of likely N-dealkylation sites (tertiary alicyclic amines) is 1. The van der Waals surface area contributed by atoms with Crippen molar-refractivity contribution in [2.24, 2.45) is 5.92 Å². The number of rotatable bonds is 12. The molecule has 2 aliphatic heterocycles. The molecule has 2 aromatic rings. The first-order valence-corrected chi connectivity index (χ1v) is 14.2. The maximum atomic E-state index is 12.9. The van der Waals surface area contributed by atoms with Gasteiger partial charge in [-0.3, -0.25) is 14.5 Å². The van der Waals surface area contributed by atoms with E-state index >= 15 is 0 Å². The van der Waals surface area contributed by atoms with E-state index in [9.17, 15) is 14.7 Å². The van der Waals surface area contributed by atoms with Crippen molar-refractivity contribution in [1.82, 2.24) is 15.2 Å². The third kappa shape index (κ3) is 6.49. The van der Waals surface area contributed by atoms with Crippen molar-refractivity contribution in [3.63, 3.8) is 0 Å². The lowest BCUT2D eigenvalue weighted by Crippen LogP contribution is -2.28. The van der Waals surface area contributed by atoms with Crippen molar-refractivity contribution in [3.05, 3.63) is 41.1 Å². The summed E-state index contributed by atoms with van der Waals surface area (Å²) in [4.78, 5) is 31.1. The average Bonchev–Trinajstić information content (AvgIpc) is 3.70. The summed E-state index contributed by atoms with van der Waals surface area (Å²) in [5.74, 6) is 1.45. The van der Waals surface area contributed by atoms with Crippen molar-refractivity contribution in [1.29, 1.82) is 0 Å². The van der Waals surface area contributed by atoms with Crippen molar-refractivity contribution in [3.8, 4) is 11.5 Å². The summed E-state index contributed by atoms with van der Waals surface area (Å²) in [5.41, 5.74) is 2.01. The molecule has 1 atom stereocenters. The number of nitrogens with zero attached hydrogens (tertiary/aromatic N) is 2. The fraction of sp³-hybridized carbons (Fsp3) is 0.621. The third-order valence-corrected chi connectivity index (χ3v) is 8.08. The normalized spacial score (nSPS) is 18.5. The van der Waals surface area contributed by atoms with Crippen LogP contribution < -0.4 is 14.8 Å². The Balaban J connectivity index is 1.28. The van der Waals surface area contributed by atoms with Crippen LogP contribution in [0.3, 0.4) is 0 Å². The molecule has 1 aromatic carbocycles. The van der Waals surface area contributed by atoms with Crippen LogP contribution in [0.25, 0.3) is 0 Å². The first-order chi connectivity index (χ1) is 18.6. The van der Waals surface area contributed by atoms with E-state index in [-0.39, 0.29) is 30.9 Å². The number of hydrogen-bond acceptors (Lipinski definition) is 7. The standard InChI is InChI=1S/C29H39N3O6/c33-26(34)12-11-21-16-24-25(38-19-37-24)17-22(21)27(32-14-6-7-15-32)29-31-23(18-36-29)28(35)30-13-5-4-10-20-8-2-1-3-9-20/h16-18,20,27H,1-15,19H2,(H,30,35)(H,33,34). The van der Waals surface area contributed by atoms with Crippen LogP contribution in [0, 0.1) is 5.92 Å². The van der Waals surface area contributed by atoms with Crippen molar-refractivity contribution < 1.29 is 28.6 Å². The number of unbranched alkanes of at least 4 members (excludes halogenated alkanes) is 1. The minimum absolute atomic E-state index is 0.000645. The second-order valence-corrected chi connectivity index (χ2v) is 10.8. The highest BCUT2D eigenvalue weighted by Crippen LogP contribution is 2.41. The zero-order chi connectivity index (χ0) is 26.3. The lowest BCUT2D eigenvalue weighted by molar-refractivity contribution is -0.136. The van der Waals surface area contributed by atoms with Gasteiger partial charge in [-0.15, -0.1) is 0 Å². The van der Waals surface area contributed by atoms with Gasteiger partial charge in [-0.05, 0) is 68.0 Å². The van der Waals surface area contributed by atoms with Crippen molar-refractivity contribution in [2.45, 2.75) is 83.1 Å². The van der Waals surface area contributed by atoms with Crippen LogP contribution in [0.15, 0.2) is 22.8 Å². The van der Waals surface area contributed by atoms with Crippen LogP contribution in [-0.2, 0) is 11.2 Å². The second-order valence-electron chi connectivity index (χ2n) is 10.8. The van der Waals surface area contributed by atoms with Crippen LogP contribution in [-0.4, -0.2) is 53.3 Å². The summed E-state index contributed by atoms with van der Waals surface area (Å²) in [5, 5.41) is 12.3. The quantitative estimate of drug-likeness (QED) is 0.369. The van der Waals surface area contributed by atoms with Crippen molar-refractivity contribution in [2.75, 3.05) is 26.4 Å². The minimum Gasteiger partial charge on any atom is -0.481 e. The Hall–Kier alpha value is -3.07. The number of aryl methyl sites for hydroxylation is 1. The first kappa shape index (κ1) is 26.5. The van der Waals surface area contributed by atoms with Crippen LogP contribution >= 0.6 is 0 Å². The zero-order valence-corrected chi connectivity index (χ0v) is 22.1. The Morgan fingerprint density at radius 2 is 1.82 bits per heavy atom. The molecule has 0 bridgehead atoms. The molecule has 3 aliphatic rings. The Kier molecular flexibility index (Phi) is 8.83. The number of carboxylic acids is 1. The number of benzene rings is 1. The third-order valence-electron chi connectivity index (χ3n) is 8.08. The summed E-state index contributed by atoms with van der Waals surface area (Å²) in [6.45, 7) is 2.49. The molecule has 38 heavy (non-hydrogen) atoms. The number of nitrogens with one attached hydrogen (secondary N) is 1. The van der Waals surface area contributed by atoms with E-state index in [0.29, 0.717) is 30.4 Å². The SMILES string of the molecule is O=C(O)CCc1cc2c(cc1C(c1nc(C(=O)NCCCCC3CCCCC3)co1)N1CCCC1)OCO2. The molecule has 0 spiro atoms. The molecule has 1 aromatic heterocycles. The van der Waals surface area contributed by atoms with Gasteiger partial charge in [0.05, 0.1) is 0 Å². The topological polar surface area (TPSA) is 114 Å². The van der Waals surface area contributed by atoms with E-state index in [1.807, 2.05) is 12.1 Å². The predicted octanol–water partition coefficient (Wildman–Crippen LogP) is 5.09. The number of carbonyl (C=O) groups excluding carboxylic acids is 1. The molecular formula is C29H39N3O6. The summed E-state index contributed by atoms with van der Waals surface area (Å²) in [6.07, 6.45) is 14.1. The molecule has 0 radical (unpaired) electrons. The van der Waals surface area contributed by atoms with Gasteiger partial charge in [-0.25, -0.2) is 4.98 Å². The van der Waals surface area contributed by atoms with Gasteiger partial charge in [0.25, 0.3) is 5.91 Å². The van der Waals surface area contributed by atoms with Gasteiger partial charge < -0.3 is 24.3 Å². The molecule has 1 saturated carbocycles. The Morgan fingerprint density at radius 1 is 1.05 bits per heavy atom. The molecule has 2 fully saturated rings. The van der Waals surface area contributed by atoms with Gasteiger partial charge in [0.1, 0.15) is 12.3 Å². The number of oxazole rings is 1. The summed E-state index contributed by atoms with van der Waals surface area (Å²) in [7, 11) is 0. The lowest BCUT2D eigenvalue weighted by atomic mass is 9.86. The van der Waals surface area contributed by atoms with Gasteiger partial charge >= 0.3 is 5.97 Å². The number of aliphatic carboxylic acids is 1. The van der Waals surface area contributed by atoms with E-state index < -0.39 is 5.97 Å². The largest absolute Gasteiger partial charge is 0.481 e.